The van der Waals surface area contributed by atoms with Crippen LogP contribution in [0.5, 0.6) is 0 Å². The molecule has 0 bridgehead atoms. The van der Waals surface area contributed by atoms with Crippen molar-refractivity contribution in [2.45, 2.75) is 12.3 Å². The Morgan fingerprint density at radius 3 is 2.56 bits per heavy atom. The molecule has 1 aliphatic heterocycles. The van der Waals surface area contributed by atoms with Crippen molar-refractivity contribution in [1.29, 1.82) is 0 Å². The van der Waals surface area contributed by atoms with E-state index >= 15 is 0 Å². The number of hydrogen-bond acceptors (Lipinski definition) is 3. The molecule has 16 heavy (non-hydrogen) atoms. The molecule has 0 aromatic heterocycles. The number of ether oxygens (including phenoxy) is 2. The van der Waals surface area contributed by atoms with E-state index in [2.05, 4.69) is 0 Å². The maximum absolute atomic E-state index is 11.5. The monoisotopic (exact) mass is 222 g/mol. The summed E-state index contributed by atoms with van der Waals surface area (Å²) in [4.78, 5) is 12.8. The van der Waals surface area contributed by atoms with Gasteiger partial charge in [-0.15, -0.1) is 0 Å². The summed E-state index contributed by atoms with van der Waals surface area (Å²) in [5.41, 5.74) is 7.08. The molecule has 2 N–H and O–H groups in total. The minimum absolute atomic E-state index is 0.471. The molecular weight excluding hydrogens is 208 g/mol. The molecule has 1 heterocycles. The molecule has 86 valence electrons. The molecule has 0 saturated heterocycles. The fourth-order valence-electron chi connectivity index (χ4n) is 2.08. The number of carbonyl (C=O) groups excluding carboxylic acids is 1. The molecule has 0 unspecified atom stereocenters. The molecule has 1 aromatic carbocycles. The van der Waals surface area contributed by atoms with Crippen molar-refractivity contribution >= 4 is 11.7 Å². The Hall–Kier alpha value is -1.59. The van der Waals surface area contributed by atoms with E-state index in [0.29, 0.717) is 6.42 Å². The standard InChI is InChI=1S/C11H14N2O3/c1-15-11(16-2)7-8-5-3-4-6-9(8)13(11)10(12)14/h3-6H,7H2,1-2H3,(H2,12,14). The average molecular weight is 222 g/mol. The number of para-hydroxylation sites is 1. The van der Waals surface area contributed by atoms with Crippen LogP contribution in [0.1, 0.15) is 5.56 Å². The molecule has 2 amide bonds. The third-order valence-electron chi connectivity index (χ3n) is 2.85. The van der Waals surface area contributed by atoms with Crippen LogP contribution >= 0.6 is 0 Å². The van der Waals surface area contributed by atoms with Gasteiger partial charge in [0, 0.05) is 14.2 Å². The van der Waals surface area contributed by atoms with Crippen molar-refractivity contribution < 1.29 is 14.3 Å². The predicted molar refractivity (Wildman–Crippen MR) is 59.0 cm³/mol. The highest BCUT2D eigenvalue weighted by Gasteiger charge is 2.47. The van der Waals surface area contributed by atoms with Gasteiger partial charge in [-0.1, -0.05) is 18.2 Å². The number of carbonyl (C=O) groups is 1. The van der Waals surface area contributed by atoms with E-state index in [9.17, 15) is 4.79 Å². The van der Waals surface area contributed by atoms with Gasteiger partial charge in [0.15, 0.2) is 0 Å². The molecule has 0 atom stereocenters. The van der Waals surface area contributed by atoms with Crippen LogP contribution in [0.2, 0.25) is 0 Å². The second-order valence-electron chi connectivity index (χ2n) is 3.60. The zero-order valence-corrected chi connectivity index (χ0v) is 9.27. The van der Waals surface area contributed by atoms with Gasteiger partial charge in [-0.05, 0) is 11.6 Å². The molecule has 5 nitrogen and oxygen atoms in total. The van der Waals surface area contributed by atoms with Crippen molar-refractivity contribution in [3.8, 4) is 0 Å². The minimum atomic E-state index is -1.12. The van der Waals surface area contributed by atoms with Crippen molar-refractivity contribution in [2.75, 3.05) is 19.1 Å². The Morgan fingerprint density at radius 2 is 2.00 bits per heavy atom. The maximum Gasteiger partial charge on any atom is 0.323 e. The summed E-state index contributed by atoms with van der Waals surface area (Å²) < 4.78 is 10.6. The molecule has 0 spiro atoms. The number of nitrogens with two attached hydrogens (primary N) is 1. The molecule has 0 fully saturated rings. The predicted octanol–water partition coefficient (Wildman–Crippen LogP) is 1.07. The molecule has 2 rings (SSSR count). The van der Waals surface area contributed by atoms with Gasteiger partial charge in [0.25, 0.3) is 5.91 Å². The number of rotatable bonds is 2. The lowest BCUT2D eigenvalue weighted by atomic mass is 10.1. The number of anilines is 1. The van der Waals surface area contributed by atoms with Gasteiger partial charge in [-0.2, -0.15) is 0 Å². The summed E-state index contributed by atoms with van der Waals surface area (Å²) >= 11 is 0. The quantitative estimate of drug-likeness (QED) is 0.761. The first-order valence-electron chi connectivity index (χ1n) is 4.92. The zero-order chi connectivity index (χ0) is 11.8. The minimum Gasteiger partial charge on any atom is -0.351 e. The molecule has 5 heteroatoms. The normalized spacial score (nSPS) is 17.2. The van der Waals surface area contributed by atoms with Crippen LogP contribution in [0.3, 0.4) is 0 Å². The maximum atomic E-state index is 11.5. The Labute approximate surface area is 93.7 Å². The van der Waals surface area contributed by atoms with Gasteiger partial charge in [-0.25, -0.2) is 9.69 Å². The second kappa shape index (κ2) is 3.77. The van der Waals surface area contributed by atoms with Crippen LogP contribution in [0.15, 0.2) is 24.3 Å². The molecule has 0 saturated carbocycles. The number of amides is 2. The third kappa shape index (κ3) is 1.36. The van der Waals surface area contributed by atoms with Gasteiger partial charge in [0.2, 0.25) is 0 Å². The van der Waals surface area contributed by atoms with Crippen molar-refractivity contribution in [2.24, 2.45) is 5.73 Å². The molecule has 0 aliphatic carbocycles. The fourth-order valence-corrected chi connectivity index (χ4v) is 2.08. The summed E-state index contributed by atoms with van der Waals surface area (Å²) in [6.07, 6.45) is 0.471. The first-order valence-corrected chi connectivity index (χ1v) is 4.92. The third-order valence-corrected chi connectivity index (χ3v) is 2.85. The Kier molecular flexibility index (Phi) is 2.57. The van der Waals surface area contributed by atoms with Crippen LogP contribution in [0, 0.1) is 0 Å². The van der Waals surface area contributed by atoms with Gasteiger partial charge in [0.1, 0.15) is 0 Å². The summed E-state index contributed by atoms with van der Waals surface area (Å²) in [7, 11) is 2.98. The van der Waals surface area contributed by atoms with Gasteiger partial charge in [0.05, 0.1) is 12.1 Å². The zero-order valence-electron chi connectivity index (χ0n) is 9.27. The van der Waals surface area contributed by atoms with Gasteiger partial charge in [-0.3, -0.25) is 0 Å². The van der Waals surface area contributed by atoms with Crippen LogP contribution in [0.4, 0.5) is 10.5 Å². The Morgan fingerprint density at radius 1 is 1.38 bits per heavy atom. The number of nitrogens with zero attached hydrogens (tertiary/aromatic N) is 1. The highest BCUT2D eigenvalue weighted by Crippen LogP contribution is 2.39. The van der Waals surface area contributed by atoms with E-state index < -0.39 is 11.9 Å². The summed E-state index contributed by atoms with van der Waals surface area (Å²) in [6, 6.07) is 6.90. The van der Waals surface area contributed by atoms with Crippen LogP contribution in [-0.4, -0.2) is 26.2 Å². The summed E-state index contributed by atoms with van der Waals surface area (Å²) in [5.74, 6) is -1.12. The van der Waals surface area contributed by atoms with E-state index in [1.807, 2.05) is 24.3 Å². The van der Waals surface area contributed by atoms with Gasteiger partial charge < -0.3 is 15.2 Å². The SMILES string of the molecule is COC1(OC)Cc2ccccc2N1C(N)=O. The fraction of sp³-hybridized carbons (Fsp3) is 0.364. The first-order chi connectivity index (χ1) is 7.64. The summed E-state index contributed by atoms with van der Waals surface area (Å²) in [6.45, 7) is 0. The number of methoxy groups -OCH3 is 2. The van der Waals surface area contributed by atoms with E-state index in [0.717, 1.165) is 11.3 Å². The molecule has 0 radical (unpaired) electrons. The summed E-state index contributed by atoms with van der Waals surface area (Å²) in [5, 5.41) is 0. The average Bonchev–Trinajstić information content (AvgIpc) is 2.63. The second-order valence-corrected chi connectivity index (χ2v) is 3.60. The number of primary amides is 1. The Balaban J connectivity index is 2.52. The number of urea groups is 1. The smallest absolute Gasteiger partial charge is 0.323 e. The van der Waals surface area contributed by atoms with Crippen molar-refractivity contribution in [1.82, 2.24) is 0 Å². The number of fused-ring (bicyclic) bond motifs is 1. The lowest BCUT2D eigenvalue weighted by molar-refractivity contribution is -0.194. The number of hydrogen-bond donors (Lipinski definition) is 1. The van der Waals surface area contributed by atoms with Crippen LogP contribution in [-0.2, 0) is 15.9 Å². The highest BCUT2D eigenvalue weighted by atomic mass is 16.7. The molecular formula is C11H14N2O3. The van der Waals surface area contributed by atoms with E-state index in [1.54, 1.807) is 0 Å². The highest BCUT2D eigenvalue weighted by molar-refractivity contribution is 5.94. The Bertz CT molecular complexity index is 415. The number of benzene rings is 1. The lowest BCUT2D eigenvalue weighted by Crippen LogP contribution is -2.54. The first kappa shape index (κ1) is 10.9. The molecule has 1 aliphatic rings. The van der Waals surface area contributed by atoms with E-state index in [-0.39, 0.29) is 0 Å². The van der Waals surface area contributed by atoms with E-state index in [1.165, 1.54) is 19.1 Å². The topological polar surface area (TPSA) is 64.8 Å². The van der Waals surface area contributed by atoms with Crippen LogP contribution < -0.4 is 10.6 Å². The van der Waals surface area contributed by atoms with Gasteiger partial charge >= 0.3 is 6.03 Å². The molecule has 1 aromatic rings. The van der Waals surface area contributed by atoms with Crippen molar-refractivity contribution in [3.63, 3.8) is 0 Å². The van der Waals surface area contributed by atoms with Crippen LogP contribution in [0.25, 0.3) is 0 Å². The van der Waals surface area contributed by atoms with Crippen molar-refractivity contribution in [3.05, 3.63) is 29.8 Å². The lowest BCUT2D eigenvalue weighted by Gasteiger charge is -2.34. The van der Waals surface area contributed by atoms with E-state index in [4.69, 9.17) is 15.2 Å². The largest absolute Gasteiger partial charge is 0.351 e.